The SMILES string of the molecule is CN=C(NCCc1c(C)nn(C)c1C)NCC1(c2cccc(F)c2)CC1.I. The maximum Gasteiger partial charge on any atom is 0.191 e. The molecule has 1 aromatic heterocycles. The summed E-state index contributed by atoms with van der Waals surface area (Å²) in [5.41, 5.74) is 4.68. The van der Waals surface area contributed by atoms with Gasteiger partial charge < -0.3 is 10.6 Å². The molecule has 7 heteroatoms. The smallest absolute Gasteiger partial charge is 0.191 e. The Labute approximate surface area is 177 Å². The van der Waals surface area contributed by atoms with Crippen LogP contribution in [0.2, 0.25) is 0 Å². The number of aliphatic imine (C=N–C) groups is 1. The summed E-state index contributed by atoms with van der Waals surface area (Å²) in [5, 5.41) is 11.2. The molecule has 0 aliphatic heterocycles. The van der Waals surface area contributed by atoms with Crippen LogP contribution in [0.5, 0.6) is 0 Å². The molecular weight excluding hydrogens is 456 g/mol. The zero-order valence-electron chi connectivity index (χ0n) is 16.5. The summed E-state index contributed by atoms with van der Waals surface area (Å²) < 4.78 is 15.4. The first kappa shape index (κ1) is 21.7. The molecule has 1 aromatic carbocycles. The van der Waals surface area contributed by atoms with Crippen molar-refractivity contribution >= 4 is 29.9 Å². The molecule has 1 fully saturated rings. The zero-order valence-corrected chi connectivity index (χ0v) is 18.8. The van der Waals surface area contributed by atoms with Gasteiger partial charge in [-0.3, -0.25) is 9.67 Å². The van der Waals surface area contributed by atoms with Crippen molar-refractivity contribution in [2.24, 2.45) is 12.0 Å². The van der Waals surface area contributed by atoms with Crippen LogP contribution in [0.4, 0.5) is 4.39 Å². The van der Waals surface area contributed by atoms with E-state index in [1.807, 2.05) is 24.7 Å². The summed E-state index contributed by atoms with van der Waals surface area (Å²) in [4.78, 5) is 4.31. The molecule has 0 unspecified atom stereocenters. The molecule has 27 heavy (non-hydrogen) atoms. The highest BCUT2D eigenvalue weighted by molar-refractivity contribution is 14.0. The summed E-state index contributed by atoms with van der Waals surface area (Å²) >= 11 is 0. The number of rotatable bonds is 6. The predicted molar refractivity (Wildman–Crippen MR) is 118 cm³/mol. The molecule has 0 bridgehead atoms. The van der Waals surface area contributed by atoms with Crippen molar-refractivity contribution in [1.82, 2.24) is 20.4 Å². The topological polar surface area (TPSA) is 54.2 Å². The molecule has 0 radical (unpaired) electrons. The lowest BCUT2D eigenvalue weighted by Gasteiger charge is -2.19. The molecule has 1 aliphatic carbocycles. The highest BCUT2D eigenvalue weighted by Gasteiger charge is 2.44. The van der Waals surface area contributed by atoms with E-state index in [0.717, 1.165) is 49.6 Å². The number of hydrogen-bond acceptors (Lipinski definition) is 2. The summed E-state index contributed by atoms with van der Waals surface area (Å²) in [7, 11) is 3.75. The van der Waals surface area contributed by atoms with Gasteiger partial charge in [-0.1, -0.05) is 12.1 Å². The molecule has 3 rings (SSSR count). The largest absolute Gasteiger partial charge is 0.356 e. The lowest BCUT2D eigenvalue weighted by Crippen LogP contribution is -2.42. The number of guanidine groups is 1. The third kappa shape index (κ3) is 5.00. The first-order valence-corrected chi connectivity index (χ1v) is 9.15. The van der Waals surface area contributed by atoms with Crippen molar-refractivity contribution in [3.63, 3.8) is 0 Å². The standard InChI is InChI=1S/C20H28FN5.HI/c1-14-18(15(2)26(4)25-14)8-11-23-19(22-3)24-13-20(9-10-20)16-6-5-7-17(21)12-16;/h5-7,12H,8-11,13H2,1-4H3,(H2,22,23,24);1H. The fourth-order valence-corrected chi connectivity index (χ4v) is 3.50. The van der Waals surface area contributed by atoms with Crippen molar-refractivity contribution in [3.05, 3.63) is 52.6 Å². The van der Waals surface area contributed by atoms with Gasteiger partial charge in [-0.2, -0.15) is 5.10 Å². The Hall–Kier alpha value is -1.64. The van der Waals surface area contributed by atoms with Crippen molar-refractivity contribution in [2.75, 3.05) is 20.1 Å². The fourth-order valence-electron chi connectivity index (χ4n) is 3.50. The molecule has 148 valence electrons. The van der Waals surface area contributed by atoms with Crippen molar-refractivity contribution in [1.29, 1.82) is 0 Å². The highest BCUT2D eigenvalue weighted by Crippen LogP contribution is 2.47. The lowest BCUT2D eigenvalue weighted by molar-refractivity contribution is 0.607. The minimum absolute atomic E-state index is 0. The van der Waals surface area contributed by atoms with E-state index in [4.69, 9.17) is 0 Å². The van der Waals surface area contributed by atoms with Gasteiger partial charge in [0.15, 0.2) is 5.96 Å². The van der Waals surface area contributed by atoms with Crippen LogP contribution < -0.4 is 10.6 Å². The second-order valence-electron chi connectivity index (χ2n) is 7.17. The van der Waals surface area contributed by atoms with Gasteiger partial charge in [-0.05, 0) is 56.4 Å². The van der Waals surface area contributed by atoms with E-state index in [1.54, 1.807) is 19.2 Å². The van der Waals surface area contributed by atoms with Gasteiger partial charge >= 0.3 is 0 Å². The van der Waals surface area contributed by atoms with Gasteiger partial charge in [0.1, 0.15) is 5.82 Å². The molecule has 0 atom stereocenters. The molecule has 5 nitrogen and oxygen atoms in total. The van der Waals surface area contributed by atoms with Crippen molar-refractivity contribution in [2.45, 2.75) is 38.5 Å². The molecule has 1 heterocycles. The number of nitrogens with zero attached hydrogens (tertiary/aromatic N) is 3. The minimum atomic E-state index is -0.168. The van der Waals surface area contributed by atoms with Crippen LogP contribution in [-0.4, -0.2) is 35.9 Å². The van der Waals surface area contributed by atoms with Crippen LogP contribution >= 0.6 is 24.0 Å². The number of aryl methyl sites for hydroxylation is 2. The molecule has 2 aromatic rings. The summed E-state index contributed by atoms with van der Waals surface area (Å²) in [5.74, 6) is 0.616. The molecule has 2 N–H and O–H groups in total. The van der Waals surface area contributed by atoms with Gasteiger partial charge in [-0.15, -0.1) is 24.0 Å². The van der Waals surface area contributed by atoms with E-state index in [-0.39, 0.29) is 35.2 Å². The average Bonchev–Trinajstić information content (AvgIpc) is 3.37. The number of benzene rings is 1. The van der Waals surface area contributed by atoms with Gasteiger partial charge in [0.05, 0.1) is 5.69 Å². The van der Waals surface area contributed by atoms with Crippen molar-refractivity contribution < 1.29 is 4.39 Å². The Morgan fingerprint density at radius 3 is 2.59 bits per heavy atom. The van der Waals surface area contributed by atoms with E-state index in [1.165, 1.54) is 17.3 Å². The second-order valence-corrected chi connectivity index (χ2v) is 7.17. The molecule has 0 saturated heterocycles. The van der Waals surface area contributed by atoms with Crippen LogP contribution in [0.1, 0.15) is 35.4 Å². The summed E-state index contributed by atoms with van der Waals surface area (Å²) in [6.07, 6.45) is 3.06. The maximum absolute atomic E-state index is 13.5. The number of halogens is 2. The first-order valence-electron chi connectivity index (χ1n) is 9.15. The van der Waals surface area contributed by atoms with E-state index < -0.39 is 0 Å². The average molecular weight is 485 g/mol. The maximum atomic E-state index is 13.5. The number of hydrogen-bond donors (Lipinski definition) is 2. The Bertz CT molecular complexity index is 811. The van der Waals surface area contributed by atoms with Gasteiger partial charge in [-0.25, -0.2) is 4.39 Å². The lowest BCUT2D eigenvalue weighted by atomic mass is 9.96. The van der Waals surface area contributed by atoms with Crippen molar-refractivity contribution in [3.8, 4) is 0 Å². The molecule has 0 spiro atoms. The van der Waals surface area contributed by atoms with E-state index in [0.29, 0.717) is 0 Å². The molecular formula is C20H29FIN5. The van der Waals surface area contributed by atoms with E-state index in [9.17, 15) is 4.39 Å². The monoisotopic (exact) mass is 485 g/mol. The quantitative estimate of drug-likeness (QED) is 0.376. The van der Waals surface area contributed by atoms with E-state index >= 15 is 0 Å². The molecule has 0 amide bonds. The summed E-state index contributed by atoms with van der Waals surface area (Å²) in [6.45, 7) is 5.70. The van der Waals surface area contributed by atoms with Gasteiger partial charge in [0.2, 0.25) is 0 Å². The van der Waals surface area contributed by atoms with Crippen LogP contribution in [0.25, 0.3) is 0 Å². The Balaban J connectivity index is 0.00000261. The Kier molecular flexibility index (Phi) is 7.25. The van der Waals surface area contributed by atoms with Gasteiger partial charge in [0, 0.05) is 38.3 Å². The molecule has 1 aliphatic rings. The van der Waals surface area contributed by atoms with Crippen LogP contribution in [-0.2, 0) is 18.9 Å². The van der Waals surface area contributed by atoms with E-state index in [2.05, 4.69) is 27.6 Å². The van der Waals surface area contributed by atoms with Crippen LogP contribution in [0, 0.1) is 19.7 Å². The highest BCUT2D eigenvalue weighted by atomic mass is 127. The third-order valence-electron chi connectivity index (χ3n) is 5.43. The summed E-state index contributed by atoms with van der Waals surface area (Å²) in [6, 6.07) is 6.95. The molecule has 1 saturated carbocycles. The second kappa shape index (κ2) is 9.03. The Morgan fingerprint density at radius 2 is 2.04 bits per heavy atom. The zero-order chi connectivity index (χ0) is 18.7. The number of aromatic nitrogens is 2. The number of nitrogens with one attached hydrogen (secondary N) is 2. The fraction of sp³-hybridized carbons (Fsp3) is 0.500. The van der Waals surface area contributed by atoms with Crippen LogP contribution in [0.3, 0.4) is 0 Å². The van der Waals surface area contributed by atoms with Crippen LogP contribution in [0.15, 0.2) is 29.3 Å². The predicted octanol–water partition coefficient (Wildman–Crippen LogP) is 3.23. The third-order valence-corrected chi connectivity index (χ3v) is 5.43. The normalized spacial score (nSPS) is 15.2. The first-order chi connectivity index (χ1) is 12.4. The Morgan fingerprint density at radius 1 is 1.30 bits per heavy atom. The van der Waals surface area contributed by atoms with Gasteiger partial charge in [0.25, 0.3) is 0 Å². The minimum Gasteiger partial charge on any atom is -0.356 e.